The van der Waals surface area contributed by atoms with Gasteiger partial charge in [-0.1, -0.05) is 12.1 Å². The van der Waals surface area contributed by atoms with Crippen LogP contribution in [0.15, 0.2) is 53.9 Å². The number of benzene rings is 1. The van der Waals surface area contributed by atoms with E-state index in [-0.39, 0.29) is 12.3 Å². The number of hydrogen-bond donors (Lipinski definition) is 2. The van der Waals surface area contributed by atoms with Crippen LogP contribution in [0.5, 0.6) is 0 Å². The fraction of sp³-hybridized carbons (Fsp3) is 0.346. The van der Waals surface area contributed by atoms with Crippen molar-refractivity contribution in [2.75, 3.05) is 0 Å². The van der Waals surface area contributed by atoms with E-state index in [2.05, 4.69) is 15.6 Å². The van der Waals surface area contributed by atoms with Gasteiger partial charge in [0.05, 0.1) is 18.2 Å². The number of ether oxygens (including phenoxy) is 1. The third kappa shape index (κ3) is 5.68. The minimum atomic E-state index is -0.719. The van der Waals surface area contributed by atoms with Crippen LogP contribution in [-0.2, 0) is 16.0 Å². The average Bonchev–Trinajstić information content (AvgIpc) is 3.10. The summed E-state index contributed by atoms with van der Waals surface area (Å²) in [6.45, 7) is 5.26. The maximum absolute atomic E-state index is 13.9. The quantitative estimate of drug-likeness (QED) is 0.640. The first-order valence-electron chi connectivity index (χ1n) is 11.2. The molecule has 1 aliphatic carbocycles. The Morgan fingerprint density at radius 1 is 1.21 bits per heavy atom. The van der Waals surface area contributed by atoms with Crippen molar-refractivity contribution < 1.29 is 23.1 Å². The number of aromatic nitrogens is 1. The predicted molar refractivity (Wildman–Crippen MR) is 123 cm³/mol. The molecule has 0 spiro atoms. The highest BCUT2D eigenvalue weighted by Gasteiger charge is 2.28. The lowest BCUT2D eigenvalue weighted by Gasteiger charge is -2.26. The molecule has 2 heterocycles. The lowest BCUT2D eigenvalue weighted by Crippen LogP contribution is -2.36. The molecule has 8 heteroatoms. The number of amides is 2. The van der Waals surface area contributed by atoms with Gasteiger partial charge in [-0.05, 0) is 74.9 Å². The Balaban J connectivity index is 1.71. The van der Waals surface area contributed by atoms with Crippen LogP contribution >= 0.6 is 0 Å². The third-order valence-corrected chi connectivity index (χ3v) is 5.59. The molecular weight excluding hydrogens is 440 g/mol. The van der Waals surface area contributed by atoms with Gasteiger partial charge in [-0.3, -0.25) is 9.78 Å². The highest BCUT2D eigenvalue weighted by Crippen LogP contribution is 2.36. The summed E-state index contributed by atoms with van der Waals surface area (Å²) in [5.74, 6) is -1.41. The van der Waals surface area contributed by atoms with Gasteiger partial charge in [-0.2, -0.15) is 0 Å². The van der Waals surface area contributed by atoms with E-state index >= 15 is 0 Å². The maximum atomic E-state index is 13.9. The van der Waals surface area contributed by atoms with Crippen LogP contribution in [0, 0.1) is 11.6 Å². The van der Waals surface area contributed by atoms with Crippen LogP contribution in [0.1, 0.15) is 62.9 Å². The molecule has 4 rings (SSSR count). The summed E-state index contributed by atoms with van der Waals surface area (Å²) >= 11 is 0. The monoisotopic (exact) mass is 467 g/mol. The van der Waals surface area contributed by atoms with E-state index < -0.39 is 29.4 Å². The molecule has 2 N–H and O–H groups in total. The zero-order valence-electron chi connectivity index (χ0n) is 19.4. The van der Waals surface area contributed by atoms with E-state index in [0.717, 1.165) is 28.5 Å². The highest BCUT2D eigenvalue weighted by molar-refractivity contribution is 5.87. The summed E-state index contributed by atoms with van der Waals surface area (Å²) < 4.78 is 33.2. The summed E-state index contributed by atoms with van der Waals surface area (Å²) in [5.41, 5.74) is 3.91. The smallest absolute Gasteiger partial charge is 0.408 e. The number of hydrogen-bond acceptors (Lipinski definition) is 4. The number of halogens is 2. The van der Waals surface area contributed by atoms with Crippen LogP contribution in [0.25, 0.3) is 5.57 Å². The van der Waals surface area contributed by atoms with Crippen LogP contribution in [0.4, 0.5) is 13.6 Å². The topological polar surface area (TPSA) is 80.3 Å². The van der Waals surface area contributed by atoms with E-state index in [1.165, 1.54) is 12.1 Å². The second-order valence-electron chi connectivity index (χ2n) is 9.52. The Morgan fingerprint density at radius 3 is 2.65 bits per heavy atom. The average molecular weight is 468 g/mol. The lowest BCUT2D eigenvalue weighted by molar-refractivity contribution is -0.118. The Morgan fingerprint density at radius 2 is 1.94 bits per heavy atom. The molecule has 2 aliphatic rings. The zero-order valence-corrected chi connectivity index (χ0v) is 19.4. The Kier molecular flexibility index (Phi) is 6.50. The summed E-state index contributed by atoms with van der Waals surface area (Å²) in [5, 5.41) is 5.73. The summed E-state index contributed by atoms with van der Waals surface area (Å²) in [6, 6.07) is 6.28. The zero-order chi connectivity index (χ0) is 24.5. The molecule has 1 aliphatic heterocycles. The van der Waals surface area contributed by atoms with Crippen LogP contribution in [0.2, 0.25) is 0 Å². The minimum absolute atomic E-state index is 0.0218. The molecule has 1 aromatic carbocycles. The molecule has 0 radical (unpaired) electrons. The maximum Gasteiger partial charge on any atom is 0.408 e. The fourth-order valence-corrected chi connectivity index (χ4v) is 4.29. The first-order valence-corrected chi connectivity index (χ1v) is 11.2. The molecule has 1 atom stereocenters. The number of allylic oxidation sites excluding steroid dienone is 3. The minimum Gasteiger partial charge on any atom is -0.444 e. The molecule has 0 saturated carbocycles. The Bertz CT molecular complexity index is 1180. The van der Waals surface area contributed by atoms with E-state index in [0.29, 0.717) is 30.5 Å². The third-order valence-electron chi connectivity index (χ3n) is 5.59. The standard InChI is InChI=1S/C26H27F2N3O3/c1-26(2,3)34-25(33)31-22(11-15-9-18(27)14-19(28)10-15)24-20(5-4-8-29-24)16-6-7-21-17(12-16)13-23(32)30-21/h4-5,8-10,12,14,22H,6-7,11,13H2,1-3H3,(H,30,32)(H,31,33). The molecule has 0 saturated heterocycles. The molecule has 34 heavy (non-hydrogen) atoms. The molecule has 2 amide bonds. The van der Waals surface area contributed by atoms with Gasteiger partial charge in [0.1, 0.15) is 17.2 Å². The van der Waals surface area contributed by atoms with E-state index in [4.69, 9.17) is 4.74 Å². The van der Waals surface area contributed by atoms with Gasteiger partial charge in [-0.25, -0.2) is 13.6 Å². The number of alkyl carbamates (subject to hydrolysis) is 1. The van der Waals surface area contributed by atoms with Crippen molar-refractivity contribution in [2.24, 2.45) is 0 Å². The number of rotatable bonds is 5. The number of carbonyl (C=O) groups is 2. The van der Waals surface area contributed by atoms with Gasteiger partial charge in [0.25, 0.3) is 0 Å². The molecule has 6 nitrogen and oxygen atoms in total. The van der Waals surface area contributed by atoms with Crippen molar-refractivity contribution >= 4 is 17.6 Å². The molecule has 1 aromatic heterocycles. The SMILES string of the molecule is CC(C)(C)OC(=O)NC(Cc1cc(F)cc(F)c1)c1ncccc1C1=CC2=C(CC1)NC(=O)C2. The summed E-state index contributed by atoms with van der Waals surface area (Å²) in [6.07, 6.45) is 4.77. The summed E-state index contributed by atoms with van der Waals surface area (Å²) in [7, 11) is 0. The van der Waals surface area contributed by atoms with Gasteiger partial charge in [-0.15, -0.1) is 0 Å². The first-order chi connectivity index (χ1) is 16.1. The van der Waals surface area contributed by atoms with Crippen LogP contribution in [0.3, 0.4) is 0 Å². The van der Waals surface area contributed by atoms with Gasteiger partial charge in [0.15, 0.2) is 0 Å². The summed E-state index contributed by atoms with van der Waals surface area (Å²) in [4.78, 5) is 29.0. The van der Waals surface area contributed by atoms with Crippen molar-refractivity contribution in [3.63, 3.8) is 0 Å². The largest absolute Gasteiger partial charge is 0.444 e. The normalized spacial score (nSPS) is 16.5. The molecule has 1 unspecified atom stereocenters. The molecule has 0 bridgehead atoms. The van der Waals surface area contributed by atoms with Gasteiger partial charge in [0.2, 0.25) is 5.91 Å². The second-order valence-corrected chi connectivity index (χ2v) is 9.52. The Hall–Kier alpha value is -3.55. The number of nitrogens with one attached hydrogen (secondary N) is 2. The van der Waals surface area contributed by atoms with Gasteiger partial charge >= 0.3 is 6.09 Å². The van der Waals surface area contributed by atoms with E-state index in [9.17, 15) is 18.4 Å². The van der Waals surface area contributed by atoms with E-state index in [1.54, 1.807) is 33.0 Å². The van der Waals surface area contributed by atoms with Crippen molar-refractivity contribution in [1.29, 1.82) is 0 Å². The number of nitrogens with zero attached hydrogens (tertiary/aromatic N) is 1. The molecule has 178 valence electrons. The number of pyridine rings is 1. The fourth-order valence-electron chi connectivity index (χ4n) is 4.29. The van der Waals surface area contributed by atoms with Crippen molar-refractivity contribution in [1.82, 2.24) is 15.6 Å². The van der Waals surface area contributed by atoms with Crippen LogP contribution < -0.4 is 10.6 Å². The molecule has 0 fully saturated rings. The number of carbonyl (C=O) groups excluding carboxylic acids is 2. The highest BCUT2D eigenvalue weighted by atomic mass is 19.1. The van der Waals surface area contributed by atoms with Crippen molar-refractivity contribution in [3.8, 4) is 0 Å². The molecule has 2 aromatic rings. The van der Waals surface area contributed by atoms with Gasteiger partial charge in [0, 0.05) is 23.5 Å². The van der Waals surface area contributed by atoms with Gasteiger partial charge < -0.3 is 15.4 Å². The van der Waals surface area contributed by atoms with Crippen molar-refractivity contribution in [2.45, 2.75) is 58.1 Å². The second kappa shape index (κ2) is 9.37. The van der Waals surface area contributed by atoms with Crippen molar-refractivity contribution in [3.05, 3.63) is 82.3 Å². The van der Waals surface area contributed by atoms with E-state index in [1.807, 2.05) is 12.1 Å². The Labute approximate surface area is 197 Å². The molecular formula is C26H27F2N3O3. The lowest BCUT2D eigenvalue weighted by atomic mass is 9.88. The van der Waals surface area contributed by atoms with Crippen LogP contribution in [-0.4, -0.2) is 22.6 Å². The first kappa shape index (κ1) is 23.6. The predicted octanol–water partition coefficient (Wildman–Crippen LogP) is 5.12.